The van der Waals surface area contributed by atoms with Gasteiger partial charge in [-0.1, -0.05) is 0 Å². The normalized spacial score (nSPS) is 15.2. The van der Waals surface area contributed by atoms with Crippen molar-refractivity contribution in [2.45, 2.75) is 78.1 Å². The van der Waals surface area contributed by atoms with Crippen molar-refractivity contribution >= 4 is 11.9 Å². The van der Waals surface area contributed by atoms with E-state index in [1.807, 2.05) is 0 Å². The first-order chi connectivity index (χ1) is 25.2. The van der Waals surface area contributed by atoms with Crippen molar-refractivity contribution in [3.63, 3.8) is 0 Å². The van der Waals surface area contributed by atoms with Crippen molar-refractivity contribution in [3.8, 4) is 11.5 Å². The molecule has 33 heteroatoms. The minimum Gasteiger partial charge on any atom is -0.487 e. The molecule has 58 heavy (non-hydrogen) atoms. The van der Waals surface area contributed by atoms with Crippen molar-refractivity contribution in [2.75, 3.05) is 26.3 Å². The molecule has 0 aliphatic carbocycles. The van der Waals surface area contributed by atoms with Crippen molar-refractivity contribution < 1.29 is 143 Å². The molecular formula is C25H15F26NO6. The van der Waals surface area contributed by atoms with Gasteiger partial charge in [0.15, 0.2) is 13.2 Å². The zero-order chi connectivity index (χ0) is 46.5. The number of alkyl halides is 26. The molecule has 0 saturated heterocycles. The molecule has 0 aliphatic heterocycles. The average Bonchev–Trinajstić information content (AvgIpc) is 3.00. The smallest absolute Gasteiger partial charge is 0.460 e. The molecule has 0 atom stereocenters. The lowest BCUT2D eigenvalue weighted by molar-refractivity contribution is -0.440. The van der Waals surface area contributed by atoms with Gasteiger partial charge in [0, 0.05) is 12.6 Å². The molecular weight excluding hydrogens is 904 g/mol. The summed E-state index contributed by atoms with van der Waals surface area (Å²) in [5.74, 6) is -87.9. The van der Waals surface area contributed by atoms with E-state index in [9.17, 15) is 124 Å². The highest BCUT2D eigenvalue weighted by Crippen LogP contribution is 2.62. The molecule has 0 fully saturated rings. The highest BCUT2D eigenvalue weighted by atomic mass is 19.4. The quantitative estimate of drug-likeness (QED) is 0.126. The topological polar surface area (TPSA) is 96.3 Å². The van der Waals surface area contributed by atoms with Gasteiger partial charge in [0.1, 0.15) is 11.5 Å². The Morgan fingerprint density at radius 3 is 0.931 bits per heavy atom. The number of hydrogen-bond donors (Lipinski definition) is 2. The monoisotopic (exact) mass is 919 g/mol. The number of hydrogen-bond acceptors (Lipinski definition) is 5. The zero-order valence-corrected chi connectivity index (χ0v) is 26.6. The predicted molar refractivity (Wildman–Crippen MR) is 130 cm³/mol. The van der Waals surface area contributed by atoms with Gasteiger partial charge in [-0.15, -0.1) is 0 Å². The predicted octanol–water partition coefficient (Wildman–Crippen LogP) is 8.89. The van der Waals surface area contributed by atoms with Crippen LogP contribution in [0.5, 0.6) is 11.5 Å². The lowest BCUT2D eigenvalue weighted by atomic mass is 9.94. The van der Waals surface area contributed by atoms with E-state index in [1.54, 1.807) is 0 Å². The summed E-state index contributed by atoms with van der Waals surface area (Å²) in [5.41, 5.74) is -1.12. The summed E-state index contributed by atoms with van der Waals surface area (Å²) in [6, 6.07) is -0.480. The summed E-state index contributed by atoms with van der Waals surface area (Å²) in [5, 5.41) is 17.8. The molecule has 0 aromatic heterocycles. The fraction of sp³-hybridized carbons (Fsp3) is 0.680. The van der Waals surface area contributed by atoms with Gasteiger partial charge in [0.2, 0.25) is 0 Å². The van der Waals surface area contributed by atoms with Gasteiger partial charge in [-0.25, -0.2) is 0 Å². The summed E-state index contributed by atoms with van der Waals surface area (Å²) in [4.78, 5) is 22.2. The van der Waals surface area contributed by atoms with E-state index in [0.29, 0.717) is 0 Å². The number of ether oxygens (including phenoxy) is 2. The number of rotatable bonds is 20. The summed E-state index contributed by atoms with van der Waals surface area (Å²) >= 11 is 0. The van der Waals surface area contributed by atoms with Gasteiger partial charge in [-0.05, 0) is 17.7 Å². The lowest BCUT2D eigenvalue weighted by Gasteiger charge is -2.39. The first kappa shape index (κ1) is 51.9. The second-order valence-electron chi connectivity index (χ2n) is 11.3. The Morgan fingerprint density at radius 1 is 0.431 bits per heavy atom. The second kappa shape index (κ2) is 15.5. The first-order valence-corrected chi connectivity index (χ1v) is 13.7. The zero-order valence-electron chi connectivity index (χ0n) is 26.6. The maximum atomic E-state index is 14.3. The maximum Gasteiger partial charge on any atom is 0.460 e. The largest absolute Gasteiger partial charge is 0.487 e. The highest BCUT2D eigenvalue weighted by Gasteiger charge is 2.92. The van der Waals surface area contributed by atoms with E-state index in [-0.39, 0.29) is 17.0 Å². The Labute approximate surface area is 301 Å². The molecule has 1 aromatic rings. The first-order valence-electron chi connectivity index (χ1n) is 13.7. The molecule has 0 unspecified atom stereocenters. The molecule has 1 rings (SSSR count). The van der Waals surface area contributed by atoms with Gasteiger partial charge < -0.3 is 19.7 Å². The van der Waals surface area contributed by atoms with Crippen molar-refractivity contribution in [1.82, 2.24) is 4.90 Å². The van der Waals surface area contributed by atoms with Crippen LogP contribution in [0.1, 0.15) is 5.56 Å². The number of halogens is 26. The van der Waals surface area contributed by atoms with Crippen LogP contribution in [0.3, 0.4) is 0 Å². The third-order valence-corrected chi connectivity index (χ3v) is 6.90. The lowest BCUT2D eigenvalue weighted by Crippen LogP contribution is -2.70. The summed E-state index contributed by atoms with van der Waals surface area (Å²) in [6.07, 6.45) is -15.6. The standard InChI is InChI=1S/C25H15F26NO6/c26-14(27,16(30,31)18(34,35)20(38,39)22(42,43)24(46,47)48)7-57-10-1-9(4-52(5-12(53)54)6-13(55)56)2-11(3-10)58-8-15(28,29)17(32,33)19(36,37)21(40,41)23(44,45)25(49,50)51/h1-3H,4-8H2,(H,53,54)(H,55,56). The van der Waals surface area contributed by atoms with Crippen molar-refractivity contribution in [1.29, 1.82) is 0 Å². The molecule has 0 heterocycles. The van der Waals surface area contributed by atoms with Gasteiger partial charge in [-0.2, -0.15) is 114 Å². The number of carboxylic acids is 2. The van der Waals surface area contributed by atoms with Gasteiger partial charge in [0.25, 0.3) is 0 Å². The number of carboxylic acid groups (broad SMARTS) is 2. The number of aliphatic carboxylic acids is 2. The molecule has 0 bridgehead atoms. The summed E-state index contributed by atoms with van der Waals surface area (Å²) in [6.45, 7) is -11.5. The molecule has 338 valence electrons. The fourth-order valence-electron chi connectivity index (χ4n) is 3.83. The van der Waals surface area contributed by atoms with Crippen LogP contribution in [0.2, 0.25) is 0 Å². The summed E-state index contributed by atoms with van der Waals surface area (Å²) < 4.78 is 356. The Morgan fingerprint density at radius 2 is 0.690 bits per heavy atom. The minimum atomic E-state index is -8.42. The molecule has 0 radical (unpaired) electrons. The van der Waals surface area contributed by atoms with E-state index in [1.165, 1.54) is 0 Å². The van der Waals surface area contributed by atoms with Crippen LogP contribution in [0, 0.1) is 0 Å². The molecule has 7 nitrogen and oxygen atoms in total. The summed E-state index contributed by atoms with van der Waals surface area (Å²) in [7, 11) is 0. The van der Waals surface area contributed by atoms with Crippen LogP contribution < -0.4 is 9.47 Å². The Kier molecular flexibility index (Phi) is 13.9. The molecule has 0 spiro atoms. The molecule has 0 aliphatic rings. The van der Waals surface area contributed by atoms with Crippen LogP contribution in [-0.2, 0) is 16.1 Å². The van der Waals surface area contributed by atoms with E-state index in [4.69, 9.17) is 10.2 Å². The highest BCUT2D eigenvalue weighted by molar-refractivity contribution is 5.72. The van der Waals surface area contributed by atoms with Crippen LogP contribution in [-0.4, -0.2) is 125 Å². The number of benzene rings is 1. The van der Waals surface area contributed by atoms with Crippen molar-refractivity contribution in [3.05, 3.63) is 23.8 Å². The van der Waals surface area contributed by atoms with E-state index < -0.39 is 139 Å². The van der Waals surface area contributed by atoms with Crippen LogP contribution in [0.15, 0.2) is 18.2 Å². The Balaban J connectivity index is 3.77. The molecule has 2 N–H and O–H groups in total. The third kappa shape index (κ3) is 9.05. The number of nitrogens with zero attached hydrogens (tertiary/aromatic N) is 1. The Bertz CT molecular complexity index is 1530. The maximum absolute atomic E-state index is 14.3. The van der Waals surface area contributed by atoms with Crippen LogP contribution >= 0.6 is 0 Å². The molecule has 0 saturated carbocycles. The fourth-order valence-corrected chi connectivity index (χ4v) is 3.83. The van der Waals surface area contributed by atoms with Crippen LogP contribution in [0.4, 0.5) is 114 Å². The van der Waals surface area contributed by atoms with Crippen LogP contribution in [0.25, 0.3) is 0 Å². The van der Waals surface area contributed by atoms with Gasteiger partial charge in [-0.3, -0.25) is 14.5 Å². The third-order valence-electron chi connectivity index (χ3n) is 6.90. The van der Waals surface area contributed by atoms with Gasteiger partial charge in [0.05, 0.1) is 13.1 Å². The SMILES string of the molecule is O=C(O)CN(CC(=O)O)Cc1cc(OCC(F)(F)C(F)(F)C(F)(F)C(F)(F)C(F)(F)C(F)(F)F)cc(OCC(F)(F)C(F)(F)C(F)(F)C(F)(F)C(F)(F)C(F)(F)F)c1. The van der Waals surface area contributed by atoms with Crippen molar-refractivity contribution in [2.24, 2.45) is 0 Å². The average molecular weight is 919 g/mol. The Hall–Kier alpha value is -4.10. The van der Waals surface area contributed by atoms with Gasteiger partial charge >= 0.3 is 83.5 Å². The van der Waals surface area contributed by atoms with E-state index in [2.05, 4.69) is 9.47 Å². The van der Waals surface area contributed by atoms with E-state index in [0.717, 1.165) is 0 Å². The molecule has 0 amide bonds. The number of carbonyl (C=O) groups is 2. The van der Waals surface area contributed by atoms with E-state index >= 15 is 0 Å². The second-order valence-corrected chi connectivity index (χ2v) is 11.3. The minimum absolute atomic E-state index is 0.0248. The molecule has 1 aromatic carbocycles.